The second kappa shape index (κ2) is 62.9. The lowest BCUT2D eigenvalue weighted by Gasteiger charge is -2.19. The SMILES string of the molecule is CC/C=C\C/C=C\C/C=C\C/C=C\CCCCCCCCC(=O)OC(COC(=O)CCCCCCCCCCCCCCCCCCCCCCCCCCC/C=C\CCCCCCCCCC)COP(=O)(O)OCCN. The average molecular weight is 1100 g/mol. The third-order valence-electron chi connectivity index (χ3n) is 14.4. The van der Waals surface area contributed by atoms with Crippen LogP contribution in [0.5, 0.6) is 0 Å². The van der Waals surface area contributed by atoms with Gasteiger partial charge in [0.15, 0.2) is 6.10 Å². The molecule has 0 aromatic rings. The highest BCUT2D eigenvalue weighted by Gasteiger charge is 2.26. The summed E-state index contributed by atoms with van der Waals surface area (Å²) in [6, 6.07) is 0. The molecule has 450 valence electrons. The van der Waals surface area contributed by atoms with Crippen LogP contribution in [0.15, 0.2) is 60.8 Å². The number of hydrogen-bond donors (Lipinski definition) is 2. The Morgan fingerprint density at radius 2 is 0.714 bits per heavy atom. The van der Waals surface area contributed by atoms with E-state index in [-0.39, 0.29) is 38.6 Å². The molecule has 3 N–H and O–H groups in total. The quantitative estimate of drug-likeness (QED) is 0.0264. The molecule has 0 bridgehead atoms. The number of rotatable bonds is 62. The number of carbonyl (C=O) groups is 2. The molecule has 0 aliphatic heterocycles. The van der Waals surface area contributed by atoms with Gasteiger partial charge in [-0.2, -0.15) is 0 Å². The zero-order chi connectivity index (χ0) is 55.9. The molecule has 0 saturated carbocycles. The summed E-state index contributed by atoms with van der Waals surface area (Å²) in [5, 5.41) is 0. The molecule has 0 amide bonds. The van der Waals surface area contributed by atoms with Gasteiger partial charge in [-0.25, -0.2) is 4.57 Å². The Bertz CT molecular complexity index is 1440. The first-order chi connectivity index (χ1) is 37.8. The molecule has 2 unspecified atom stereocenters. The summed E-state index contributed by atoms with van der Waals surface area (Å²) in [4.78, 5) is 35.2. The molecule has 0 aliphatic rings. The largest absolute Gasteiger partial charge is 0.472 e. The Kier molecular flexibility index (Phi) is 61.0. The van der Waals surface area contributed by atoms with E-state index in [4.69, 9.17) is 24.3 Å². The molecule has 0 fully saturated rings. The maximum absolute atomic E-state index is 12.7. The number of hydrogen-bond acceptors (Lipinski definition) is 8. The van der Waals surface area contributed by atoms with Crippen molar-refractivity contribution in [2.75, 3.05) is 26.4 Å². The smallest absolute Gasteiger partial charge is 0.462 e. The van der Waals surface area contributed by atoms with Crippen LogP contribution < -0.4 is 5.73 Å². The van der Waals surface area contributed by atoms with Gasteiger partial charge in [-0.05, 0) is 77.0 Å². The number of ether oxygens (including phenoxy) is 2. The Labute approximate surface area is 476 Å². The van der Waals surface area contributed by atoms with E-state index in [1.54, 1.807) is 0 Å². The molecular weight excluding hydrogens is 978 g/mol. The zero-order valence-electron chi connectivity index (χ0n) is 50.4. The van der Waals surface area contributed by atoms with Gasteiger partial charge in [0.2, 0.25) is 0 Å². The number of allylic oxidation sites excluding steroid dienone is 10. The summed E-state index contributed by atoms with van der Waals surface area (Å²) in [6.45, 7) is 3.65. The maximum atomic E-state index is 12.7. The van der Waals surface area contributed by atoms with Crippen molar-refractivity contribution in [2.24, 2.45) is 5.73 Å². The summed E-state index contributed by atoms with van der Waals surface area (Å²) in [5.74, 6) is -0.833. The van der Waals surface area contributed by atoms with Crippen molar-refractivity contribution in [3.8, 4) is 0 Å². The first-order valence-corrected chi connectivity index (χ1v) is 34.3. The van der Waals surface area contributed by atoms with E-state index in [9.17, 15) is 19.0 Å². The van der Waals surface area contributed by atoms with Crippen LogP contribution in [-0.4, -0.2) is 49.3 Å². The van der Waals surface area contributed by atoms with Crippen LogP contribution in [0.4, 0.5) is 0 Å². The lowest BCUT2D eigenvalue weighted by atomic mass is 10.0. The van der Waals surface area contributed by atoms with E-state index in [1.165, 1.54) is 205 Å². The highest BCUT2D eigenvalue weighted by molar-refractivity contribution is 7.47. The Balaban J connectivity index is 3.80. The van der Waals surface area contributed by atoms with E-state index in [1.807, 2.05) is 0 Å². The molecule has 77 heavy (non-hydrogen) atoms. The van der Waals surface area contributed by atoms with Gasteiger partial charge in [0.05, 0.1) is 13.2 Å². The second-order valence-electron chi connectivity index (χ2n) is 22.0. The molecule has 0 saturated heterocycles. The maximum Gasteiger partial charge on any atom is 0.472 e. The van der Waals surface area contributed by atoms with Crippen molar-refractivity contribution in [1.29, 1.82) is 0 Å². The average Bonchev–Trinajstić information content (AvgIpc) is 3.42. The van der Waals surface area contributed by atoms with Gasteiger partial charge >= 0.3 is 19.8 Å². The van der Waals surface area contributed by atoms with Crippen LogP contribution in [0.25, 0.3) is 0 Å². The topological polar surface area (TPSA) is 134 Å². The summed E-state index contributed by atoms with van der Waals surface area (Å²) in [5.41, 5.74) is 5.39. The Hall–Kier alpha value is -2.29. The third-order valence-corrected chi connectivity index (χ3v) is 15.4. The molecular formula is C67H124NO8P. The lowest BCUT2D eigenvalue weighted by molar-refractivity contribution is -0.161. The highest BCUT2D eigenvalue weighted by Crippen LogP contribution is 2.43. The fourth-order valence-electron chi connectivity index (χ4n) is 9.57. The monoisotopic (exact) mass is 1100 g/mol. The van der Waals surface area contributed by atoms with Crippen LogP contribution >= 0.6 is 7.82 Å². The van der Waals surface area contributed by atoms with Crippen molar-refractivity contribution in [1.82, 2.24) is 0 Å². The van der Waals surface area contributed by atoms with Gasteiger partial charge in [0.25, 0.3) is 0 Å². The lowest BCUT2D eigenvalue weighted by Crippen LogP contribution is -2.29. The van der Waals surface area contributed by atoms with Crippen molar-refractivity contribution >= 4 is 19.8 Å². The van der Waals surface area contributed by atoms with Crippen molar-refractivity contribution in [3.63, 3.8) is 0 Å². The minimum absolute atomic E-state index is 0.0499. The van der Waals surface area contributed by atoms with Crippen molar-refractivity contribution < 1.29 is 37.6 Å². The van der Waals surface area contributed by atoms with Gasteiger partial charge in [0, 0.05) is 19.4 Å². The number of phosphoric ester groups is 1. The van der Waals surface area contributed by atoms with Crippen molar-refractivity contribution in [3.05, 3.63) is 60.8 Å². The summed E-state index contributed by atoms with van der Waals surface area (Å²) in [6.07, 6.45) is 80.4. The third kappa shape index (κ3) is 62.8. The van der Waals surface area contributed by atoms with Crippen LogP contribution in [0.3, 0.4) is 0 Å². The van der Waals surface area contributed by atoms with E-state index in [0.29, 0.717) is 6.42 Å². The normalized spacial score (nSPS) is 13.4. The predicted molar refractivity (Wildman–Crippen MR) is 330 cm³/mol. The summed E-state index contributed by atoms with van der Waals surface area (Å²) < 4.78 is 33.1. The first kappa shape index (κ1) is 74.7. The summed E-state index contributed by atoms with van der Waals surface area (Å²) in [7, 11) is -4.39. The Morgan fingerprint density at radius 3 is 1.08 bits per heavy atom. The molecule has 0 aromatic heterocycles. The molecule has 9 nitrogen and oxygen atoms in total. The number of esters is 2. The molecule has 0 rings (SSSR count). The molecule has 0 aliphatic carbocycles. The van der Waals surface area contributed by atoms with E-state index >= 15 is 0 Å². The van der Waals surface area contributed by atoms with Crippen LogP contribution in [-0.2, 0) is 32.7 Å². The first-order valence-electron chi connectivity index (χ1n) is 32.8. The van der Waals surface area contributed by atoms with Crippen LogP contribution in [0, 0.1) is 0 Å². The fourth-order valence-corrected chi connectivity index (χ4v) is 10.3. The molecule has 0 spiro atoms. The van der Waals surface area contributed by atoms with E-state index in [0.717, 1.165) is 83.5 Å². The molecule has 0 heterocycles. The van der Waals surface area contributed by atoms with E-state index in [2.05, 4.69) is 74.6 Å². The predicted octanol–water partition coefficient (Wildman–Crippen LogP) is 21.1. The van der Waals surface area contributed by atoms with E-state index < -0.39 is 26.5 Å². The zero-order valence-corrected chi connectivity index (χ0v) is 51.3. The number of nitrogens with two attached hydrogens (primary N) is 1. The molecule has 0 aromatic carbocycles. The van der Waals surface area contributed by atoms with Gasteiger partial charge in [-0.15, -0.1) is 0 Å². The number of unbranched alkanes of at least 4 members (excludes halogenated alkanes) is 39. The molecule has 10 heteroatoms. The Morgan fingerprint density at radius 1 is 0.403 bits per heavy atom. The van der Waals surface area contributed by atoms with Gasteiger partial charge in [-0.1, -0.05) is 293 Å². The fraction of sp³-hybridized carbons (Fsp3) is 0.821. The standard InChI is InChI=1S/C67H124NO8P/c1-3-5-7-9-11-13-15-17-19-21-23-24-25-26-27-28-29-30-31-32-33-34-35-36-37-38-39-40-42-43-45-47-49-51-53-55-57-59-66(69)73-63-65(64-75-77(71,72)74-62-61-68)76-67(70)60-58-56-54-52-50-48-46-44-41-22-20-18-16-14-12-10-8-6-4-2/h6,8,12,14,18,20-21,23,41,44,65H,3-5,7,9-11,13,15-17,19,22,24-40,42-43,45-64,68H2,1-2H3,(H,71,72)/b8-6-,14-12-,20-18-,23-21-,44-41-. The van der Waals surface area contributed by atoms with Gasteiger partial charge in [-0.3, -0.25) is 18.6 Å². The van der Waals surface area contributed by atoms with Gasteiger partial charge in [0.1, 0.15) is 6.61 Å². The second-order valence-corrected chi connectivity index (χ2v) is 23.4. The minimum atomic E-state index is -4.39. The molecule has 0 radical (unpaired) electrons. The van der Waals surface area contributed by atoms with Gasteiger partial charge < -0.3 is 20.1 Å². The highest BCUT2D eigenvalue weighted by atomic mass is 31.2. The number of phosphoric acid groups is 1. The molecule has 2 atom stereocenters. The minimum Gasteiger partial charge on any atom is -0.462 e. The van der Waals surface area contributed by atoms with Crippen molar-refractivity contribution in [2.45, 2.75) is 328 Å². The van der Waals surface area contributed by atoms with Crippen LogP contribution in [0.2, 0.25) is 0 Å². The number of carbonyl (C=O) groups excluding carboxylic acids is 2. The van der Waals surface area contributed by atoms with Crippen LogP contribution in [0.1, 0.15) is 322 Å². The summed E-state index contributed by atoms with van der Waals surface area (Å²) >= 11 is 0.